The van der Waals surface area contributed by atoms with Crippen LogP contribution in [0.1, 0.15) is 34.0 Å². The zero-order valence-corrected chi connectivity index (χ0v) is 18.3. The molecule has 0 N–H and O–H groups in total. The van der Waals surface area contributed by atoms with E-state index in [2.05, 4.69) is 42.4 Å². The number of carbonyl (C=O) groups excluding carboxylic acids is 1. The Morgan fingerprint density at radius 2 is 1.80 bits per heavy atom. The van der Waals surface area contributed by atoms with Crippen molar-refractivity contribution in [3.8, 4) is 0 Å². The number of hydrogen-bond donors (Lipinski definition) is 0. The molecule has 129 valence electrons. The molecular weight excluding hydrogens is 385 g/mol. The van der Waals surface area contributed by atoms with Gasteiger partial charge in [-0.15, -0.1) is 5.70 Å². The van der Waals surface area contributed by atoms with Crippen molar-refractivity contribution in [3.63, 3.8) is 0 Å². The maximum absolute atomic E-state index is 10.2. The van der Waals surface area contributed by atoms with Crippen molar-refractivity contribution >= 4 is 17.7 Å². The Labute approximate surface area is 176 Å². The maximum atomic E-state index is 10.2. The number of likely N-dealkylation sites (N-methyl/N-ethyl adjacent to an activating group) is 1. The summed E-state index contributed by atoms with van der Waals surface area (Å²) in [5.74, 6) is 0. The Balaban J connectivity index is 0.000000252. The number of fused-ring (bicyclic) bond motifs is 1. The molecule has 1 radical (unpaired) electrons. The molecule has 4 rings (SSSR count). The Morgan fingerprint density at radius 1 is 1.12 bits per heavy atom. The summed E-state index contributed by atoms with van der Waals surface area (Å²) >= 11 is 0. The molecule has 0 fully saturated rings. The van der Waals surface area contributed by atoms with Crippen molar-refractivity contribution in [2.45, 2.75) is 20.3 Å². The van der Waals surface area contributed by atoms with Gasteiger partial charge >= 0.3 is 0 Å². The molecule has 2 aliphatic rings. The molecule has 3 nitrogen and oxygen atoms in total. The molecule has 0 saturated heterocycles. The molecule has 2 heterocycles. The molecule has 0 amide bonds. The summed E-state index contributed by atoms with van der Waals surface area (Å²) in [6.07, 6.45) is 2.04. The zero-order valence-electron chi connectivity index (χ0n) is 15.4. The number of allylic oxidation sites excluding steroid dienone is 1. The van der Waals surface area contributed by atoms with Gasteiger partial charge in [-0.3, -0.25) is 4.79 Å². The summed E-state index contributed by atoms with van der Waals surface area (Å²) < 4.78 is 0. The number of aldehydes is 1. The van der Waals surface area contributed by atoms with Gasteiger partial charge < -0.3 is 17.6 Å². The molecule has 0 unspecified atom stereocenters. The Hall–Kier alpha value is -1.45. The molecule has 4 heteroatoms. The van der Waals surface area contributed by atoms with Crippen LogP contribution < -0.4 is 4.90 Å². The SMILES string of the molecule is CC1=C(c2ccc3c(c2)CCN3C)[N-]1.Cc1ccccc1C=O.[CH3-].[Y]. The van der Waals surface area contributed by atoms with Gasteiger partial charge in [0.1, 0.15) is 6.29 Å². The second-order valence-corrected chi connectivity index (χ2v) is 6.04. The predicted octanol–water partition coefficient (Wildman–Crippen LogP) is 5.01. The van der Waals surface area contributed by atoms with Gasteiger partial charge in [-0.1, -0.05) is 43.3 Å². The maximum Gasteiger partial charge on any atom is 0.150 e. The predicted molar refractivity (Wildman–Crippen MR) is 102 cm³/mol. The minimum absolute atomic E-state index is 0. The third kappa shape index (κ3) is 5.02. The molecule has 2 aliphatic heterocycles. The summed E-state index contributed by atoms with van der Waals surface area (Å²) in [5, 5.41) is 4.29. The number of benzene rings is 2. The van der Waals surface area contributed by atoms with Crippen molar-refractivity contribution in [3.05, 3.63) is 83.2 Å². The fraction of sp³-hybridized carbons (Fsp3) is 0.238. The van der Waals surface area contributed by atoms with Crippen molar-refractivity contribution < 1.29 is 37.5 Å². The van der Waals surface area contributed by atoms with E-state index >= 15 is 0 Å². The average molecular weight is 409 g/mol. The fourth-order valence-corrected chi connectivity index (χ4v) is 2.85. The summed E-state index contributed by atoms with van der Waals surface area (Å²) in [4.78, 5) is 12.5. The quantitative estimate of drug-likeness (QED) is 0.516. The van der Waals surface area contributed by atoms with E-state index in [9.17, 15) is 4.79 Å². The van der Waals surface area contributed by atoms with Crippen LogP contribution in [0, 0.1) is 14.4 Å². The van der Waals surface area contributed by atoms with Gasteiger partial charge in [0.05, 0.1) is 0 Å². The molecule has 0 aromatic heterocycles. The minimum Gasteiger partial charge on any atom is -0.663 e. The first-order chi connectivity index (χ1) is 11.1. The number of rotatable bonds is 2. The summed E-state index contributed by atoms with van der Waals surface area (Å²) in [5.41, 5.74) is 8.33. The molecular formula is C21H24N2OY-2. The molecule has 0 spiro atoms. The van der Waals surface area contributed by atoms with Gasteiger partial charge in [-0.2, -0.15) is 5.70 Å². The van der Waals surface area contributed by atoms with Crippen LogP contribution in [0.15, 0.2) is 48.2 Å². The van der Waals surface area contributed by atoms with Crippen molar-refractivity contribution in [1.82, 2.24) is 0 Å². The van der Waals surface area contributed by atoms with Crippen LogP contribution >= 0.6 is 0 Å². The third-order valence-corrected chi connectivity index (χ3v) is 4.37. The number of hydrogen-bond acceptors (Lipinski definition) is 2. The summed E-state index contributed by atoms with van der Waals surface area (Å²) in [6, 6.07) is 14.2. The topological polar surface area (TPSA) is 34.4 Å². The second-order valence-electron chi connectivity index (χ2n) is 6.04. The van der Waals surface area contributed by atoms with E-state index in [1.165, 1.54) is 34.6 Å². The smallest absolute Gasteiger partial charge is 0.150 e. The first-order valence-corrected chi connectivity index (χ1v) is 7.88. The van der Waals surface area contributed by atoms with E-state index in [0.717, 1.165) is 24.0 Å². The van der Waals surface area contributed by atoms with E-state index in [-0.39, 0.29) is 40.1 Å². The summed E-state index contributed by atoms with van der Waals surface area (Å²) in [6.45, 7) is 5.13. The van der Waals surface area contributed by atoms with Crippen LogP contribution in [0.25, 0.3) is 11.0 Å². The van der Waals surface area contributed by atoms with Gasteiger partial charge in [-0.05, 0) is 36.1 Å². The van der Waals surface area contributed by atoms with Gasteiger partial charge in [0, 0.05) is 57.6 Å². The summed E-state index contributed by atoms with van der Waals surface area (Å²) in [7, 11) is 2.15. The first-order valence-electron chi connectivity index (χ1n) is 7.88. The largest absolute Gasteiger partial charge is 0.663 e. The van der Waals surface area contributed by atoms with Gasteiger partial charge in [0.2, 0.25) is 0 Å². The van der Waals surface area contributed by atoms with Crippen LogP contribution in [-0.4, -0.2) is 19.9 Å². The molecule has 0 aliphatic carbocycles. The zero-order chi connectivity index (χ0) is 16.4. The van der Waals surface area contributed by atoms with Gasteiger partial charge in [0.25, 0.3) is 0 Å². The van der Waals surface area contributed by atoms with E-state index in [4.69, 9.17) is 0 Å². The van der Waals surface area contributed by atoms with Crippen LogP contribution in [0.2, 0.25) is 0 Å². The monoisotopic (exact) mass is 409 g/mol. The second kappa shape index (κ2) is 9.31. The van der Waals surface area contributed by atoms with E-state index in [1.54, 1.807) is 0 Å². The normalized spacial score (nSPS) is 13.5. The molecule has 2 aromatic rings. The average Bonchev–Trinajstić information content (AvgIpc) is 3.19. The number of nitrogens with zero attached hydrogens (tertiary/aromatic N) is 2. The fourth-order valence-electron chi connectivity index (χ4n) is 2.85. The van der Waals surface area contributed by atoms with Crippen molar-refractivity contribution in [1.29, 1.82) is 0 Å². The Kier molecular flexibility index (Phi) is 8.04. The number of carbonyl (C=O) groups is 1. The van der Waals surface area contributed by atoms with Gasteiger partial charge in [0.15, 0.2) is 0 Å². The number of aryl methyl sites for hydroxylation is 1. The minimum atomic E-state index is 0. The first kappa shape index (κ1) is 21.6. The number of anilines is 1. The van der Waals surface area contributed by atoms with Crippen molar-refractivity contribution in [2.24, 2.45) is 0 Å². The molecule has 25 heavy (non-hydrogen) atoms. The molecule has 0 atom stereocenters. The van der Waals surface area contributed by atoms with E-state index in [1.807, 2.05) is 31.2 Å². The molecule has 0 bridgehead atoms. The van der Waals surface area contributed by atoms with Crippen LogP contribution in [0.4, 0.5) is 5.69 Å². The van der Waals surface area contributed by atoms with Gasteiger partial charge in [-0.25, -0.2) is 0 Å². The van der Waals surface area contributed by atoms with E-state index < -0.39 is 0 Å². The van der Waals surface area contributed by atoms with E-state index in [0.29, 0.717) is 0 Å². The standard InChI is InChI=1S/C12H13N2.C8H8O.CH3.Y/c1-8-12(13-8)10-3-4-11-9(7-10)5-6-14(11)2;1-7-4-2-3-5-8(7)6-9;;/h3-4,7H,5-6H2,1-2H3;2-6H,1H3;1H3;/q-1;;-1;. The Bertz CT molecular complexity index is 783. The van der Waals surface area contributed by atoms with Crippen LogP contribution in [0.5, 0.6) is 0 Å². The Morgan fingerprint density at radius 3 is 2.36 bits per heavy atom. The van der Waals surface area contributed by atoms with Crippen LogP contribution in [0.3, 0.4) is 0 Å². The molecule has 2 aromatic carbocycles. The van der Waals surface area contributed by atoms with Crippen molar-refractivity contribution in [2.75, 3.05) is 18.5 Å². The van der Waals surface area contributed by atoms with Crippen LogP contribution in [-0.2, 0) is 39.1 Å². The molecule has 0 saturated carbocycles. The third-order valence-electron chi connectivity index (χ3n) is 4.37.